The van der Waals surface area contributed by atoms with E-state index in [1.807, 2.05) is 0 Å². The summed E-state index contributed by atoms with van der Waals surface area (Å²) in [5.41, 5.74) is 4.42. The van der Waals surface area contributed by atoms with Crippen LogP contribution < -0.4 is 10.6 Å². The fourth-order valence-corrected chi connectivity index (χ4v) is 4.08. The maximum Gasteiger partial charge on any atom is 0.0419 e. The lowest BCUT2D eigenvalue weighted by molar-refractivity contribution is 0.170. The van der Waals surface area contributed by atoms with Crippen LogP contribution in [0.25, 0.3) is 0 Å². The molecule has 0 amide bonds. The lowest BCUT2D eigenvalue weighted by Gasteiger charge is -2.32. The summed E-state index contributed by atoms with van der Waals surface area (Å²) in [4.78, 5) is 5.33. The minimum Gasteiger partial charge on any atom is -0.384 e. The number of likely N-dealkylation sites (tertiary alicyclic amines) is 1. The van der Waals surface area contributed by atoms with Gasteiger partial charge >= 0.3 is 0 Å². The second-order valence-electron chi connectivity index (χ2n) is 6.59. The molecule has 0 aliphatic carbocycles. The summed E-state index contributed by atoms with van der Waals surface area (Å²) in [5.74, 6) is 0. The average molecular weight is 359 g/mol. The Labute approximate surface area is 151 Å². The number of rotatable bonds is 3. The van der Waals surface area contributed by atoms with Gasteiger partial charge in [-0.2, -0.15) is 0 Å². The number of anilines is 1. The monoisotopic (exact) mass is 358 g/mol. The highest BCUT2D eigenvalue weighted by molar-refractivity contribution is 5.85. The summed E-state index contributed by atoms with van der Waals surface area (Å²) in [5, 5.41) is 7.03. The Morgan fingerprint density at radius 2 is 1.87 bits per heavy atom. The first kappa shape index (κ1) is 18.8. The number of nitrogens with one attached hydrogen (secondary N) is 2. The van der Waals surface area contributed by atoms with Crippen LogP contribution in [0.15, 0.2) is 18.2 Å². The molecule has 3 aliphatic rings. The number of fused-ring (bicyclic) bond motifs is 1. The van der Waals surface area contributed by atoms with Gasteiger partial charge < -0.3 is 10.6 Å². The summed E-state index contributed by atoms with van der Waals surface area (Å²) in [6, 6.07) is 7.57. The van der Waals surface area contributed by atoms with Gasteiger partial charge in [0.25, 0.3) is 0 Å². The summed E-state index contributed by atoms with van der Waals surface area (Å²) in [6.07, 6.45) is 2.52. The van der Waals surface area contributed by atoms with Gasteiger partial charge in [0.1, 0.15) is 0 Å². The topological polar surface area (TPSA) is 30.5 Å². The van der Waals surface area contributed by atoms with Crippen molar-refractivity contribution in [2.24, 2.45) is 0 Å². The van der Waals surface area contributed by atoms with Crippen molar-refractivity contribution in [3.8, 4) is 0 Å². The van der Waals surface area contributed by atoms with Crippen LogP contribution in [0.4, 0.5) is 5.69 Å². The normalized spacial score (nSPS) is 24.4. The Hall–Kier alpha value is -0.520. The molecule has 23 heavy (non-hydrogen) atoms. The molecule has 0 saturated carbocycles. The number of hydrogen-bond acceptors (Lipinski definition) is 4. The molecular weight excluding hydrogens is 331 g/mol. The third-order valence-electron chi connectivity index (χ3n) is 5.24. The van der Waals surface area contributed by atoms with Crippen LogP contribution >= 0.6 is 24.8 Å². The lowest BCUT2D eigenvalue weighted by atomic mass is 10.1. The van der Waals surface area contributed by atoms with Gasteiger partial charge in [0, 0.05) is 64.1 Å². The molecule has 0 bridgehead atoms. The van der Waals surface area contributed by atoms with Gasteiger partial charge in [-0.05, 0) is 24.0 Å². The molecular formula is C17H28Cl2N4. The van der Waals surface area contributed by atoms with Crippen LogP contribution in [-0.4, -0.2) is 61.7 Å². The van der Waals surface area contributed by atoms with Crippen molar-refractivity contribution < 1.29 is 0 Å². The quantitative estimate of drug-likeness (QED) is 0.864. The molecule has 1 unspecified atom stereocenters. The average Bonchev–Trinajstić information content (AvgIpc) is 3.17. The molecule has 0 radical (unpaired) electrons. The summed E-state index contributed by atoms with van der Waals surface area (Å²) < 4.78 is 0. The van der Waals surface area contributed by atoms with Crippen molar-refractivity contribution in [3.05, 3.63) is 29.3 Å². The first-order chi connectivity index (χ1) is 10.4. The molecule has 0 aromatic heterocycles. The summed E-state index contributed by atoms with van der Waals surface area (Å²) in [7, 11) is 0. The van der Waals surface area contributed by atoms with Crippen molar-refractivity contribution in [3.63, 3.8) is 0 Å². The summed E-state index contributed by atoms with van der Waals surface area (Å²) in [6.45, 7) is 9.47. The van der Waals surface area contributed by atoms with E-state index in [0.29, 0.717) is 0 Å². The predicted octanol–water partition coefficient (Wildman–Crippen LogP) is 1.98. The van der Waals surface area contributed by atoms with Crippen LogP contribution in [-0.2, 0) is 13.0 Å². The SMILES string of the molecule is Cl.Cl.c1cc2c(c(CN3CCC(N4CCNCC4)C3)c1)NCC2. The van der Waals surface area contributed by atoms with E-state index in [0.717, 1.165) is 32.2 Å². The van der Waals surface area contributed by atoms with Gasteiger partial charge in [-0.25, -0.2) is 0 Å². The molecule has 4 nitrogen and oxygen atoms in total. The van der Waals surface area contributed by atoms with E-state index in [4.69, 9.17) is 0 Å². The highest BCUT2D eigenvalue weighted by atomic mass is 35.5. The van der Waals surface area contributed by atoms with Gasteiger partial charge in [-0.1, -0.05) is 18.2 Å². The second kappa shape index (κ2) is 8.54. The van der Waals surface area contributed by atoms with E-state index in [2.05, 4.69) is 38.6 Å². The van der Waals surface area contributed by atoms with Gasteiger partial charge in [-0.3, -0.25) is 9.80 Å². The molecule has 2 fully saturated rings. The Morgan fingerprint density at radius 3 is 2.70 bits per heavy atom. The highest BCUT2D eigenvalue weighted by Crippen LogP contribution is 2.28. The minimum atomic E-state index is 0. The molecule has 4 rings (SSSR count). The van der Waals surface area contributed by atoms with Crippen LogP contribution in [0, 0.1) is 0 Å². The molecule has 3 aliphatic heterocycles. The zero-order chi connectivity index (χ0) is 14.1. The first-order valence-electron chi connectivity index (χ1n) is 8.42. The molecule has 3 heterocycles. The fourth-order valence-electron chi connectivity index (χ4n) is 4.08. The van der Waals surface area contributed by atoms with Gasteiger partial charge in [0.15, 0.2) is 0 Å². The highest BCUT2D eigenvalue weighted by Gasteiger charge is 2.29. The van der Waals surface area contributed by atoms with Crippen LogP contribution in [0.1, 0.15) is 17.5 Å². The molecule has 1 aromatic rings. The van der Waals surface area contributed by atoms with Crippen LogP contribution in [0.3, 0.4) is 0 Å². The Balaban J connectivity index is 0.000000960. The van der Waals surface area contributed by atoms with E-state index in [9.17, 15) is 0 Å². The van der Waals surface area contributed by atoms with Crippen molar-refractivity contribution in [1.29, 1.82) is 0 Å². The largest absolute Gasteiger partial charge is 0.384 e. The van der Waals surface area contributed by atoms with Crippen molar-refractivity contribution in [1.82, 2.24) is 15.1 Å². The van der Waals surface area contributed by atoms with Crippen molar-refractivity contribution >= 4 is 30.5 Å². The standard InChI is InChI=1S/C17H26N4.2ClH/c1-2-14-4-6-19-17(14)15(3-1)12-20-9-5-16(13-20)21-10-7-18-8-11-21;;/h1-3,16,18-19H,4-13H2;2*1H. The van der Waals surface area contributed by atoms with Crippen LogP contribution in [0.5, 0.6) is 0 Å². The van der Waals surface area contributed by atoms with Crippen molar-refractivity contribution in [2.45, 2.75) is 25.4 Å². The number of halogens is 2. The Kier molecular flexibility index (Phi) is 6.99. The zero-order valence-corrected chi connectivity index (χ0v) is 15.2. The van der Waals surface area contributed by atoms with E-state index >= 15 is 0 Å². The smallest absolute Gasteiger partial charge is 0.0419 e. The zero-order valence-electron chi connectivity index (χ0n) is 13.6. The van der Waals surface area contributed by atoms with E-state index in [1.54, 1.807) is 0 Å². The maximum absolute atomic E-state index is 3.57. The number of hydrogen-bond donors (Lipinski definition) is 2. The number of nitrogens with zero attached hydrogens (tertiary/aromatic N) is 2. The number of benzene rings is 1. The van der Waals surface area contributed by atoms with Crippen LogP contribution in [0.2, 0.25) is 0 Å². The Bertz CT molecular complexity index is 505. The maximum atomic E-state index is 3.57. The Morgan fingerprint density at radius 1 is 1.04 bits per heavy atom. The fraction of sp³-hybridized carbons (Fsp3) is 0.647. The number of para-hydroxylation sites is 1. The third-order valence-corrected chi connectivity index (χ3v) is 5.24. The molecule has 0 spiro atoms. The predicted molar refractivity (Wildman–Crippen MR) is 101 cm³/mol. The molecule has 2 saturated heterocycles. The van der Waals surface area contributed by atoms with E-state index in [1.165, 1.54) is 55.8 Å². The van der Waals surface area contributed by atoms with Gasteiger partial charge in [0.05, 0.1) is 0 Å². The first-order valence-corrected chi connectivity index (χ1v) is 8.42. The summed E-state index contributed by atoms with van der Waals surface area (Å²) >= 11 is 0. The van der Waals surface area contributed by atoms with Gasteiger partial charge in [0.2, 0.25) is 0 Å². The molecule has 1 aromatic carbocycles. The number of piperazine rings is 1. The molecule has 130 valence electrons. The lowest BCUT2D eigenvalue weighted by Crippen LogP contribution is -2.49. The second-order valence-corrected chi connectivity index (χ2v) is 6.59. The van der Waals surface area contributed by atoms with E-state index < -0.39 is 0 Å². The van der Waals surface area contributed by atoms with Gasteiger partial charge in [-0.15, -0.1) is 24.8 Å². The van der Waals surface area contributed by atoms with Crippen molar-refractivity contribution in [2.75, 3.05) is 51.1 Å². The third kappa shape index (κ3) is 4.12. The molecule has 6 heteroatoms. The molecule has 1 atom stereocenters. The molecule has 2 N–H and O–H groups in total. The van der Waals surface area contributed by atoms with E-state index in [-0.39, 0.29) is 24.8 Å². The minimum absolute atomic E-state index is 0.